The van der Waals surface area contributed by atoms with Crippen LogP contribution in [-0.4, -0.2) is 135 Å². The van der Waals surface area contributed by atoms with E-state index < -0.39 is 67.0 Å². The molecule has 0 aliphatic carbocycles. The number of carbonyl (C=O) groups is 7. The summed E-state index contributed by atoms with van der Waals surface area (Å²) >= 11 is 0. The summed E-state index contributed by atoms with van der Waals surface area (Å²) in [6, 6.07) is 2.24. The summed E-state index contributed by atoms with van der Waals surface area (Å²) in [6.07, 6.45) is -2.87. The van der Waals surface area contributed by atoms with E-state index in [-0.39, 0.29) is 75.4 Å². The van der Waals surface area contributed by atoms with Crippen molar-refractivity contribution in [2.45, 2.75) is 108 Å². The van der Waals surface area contributed by atoms with E-state index in [1.807, 2.05) is 0 Å². The molecule has 2 aliphatic heterocycles. The van der Waals surface area contributed by atoms with E-state index in [0.29, 0.717) is 37.1 Å². The van der Waals surface area contributed by atoms with Gasteiger partial charge in [-0.3, -0.25) is 33.8 Å². The summed E-state index contributed by atoms with van der Waals surface area (Å²) in [5, 5.41) is 50.1. The van der Waals surface area contributed by atoms with Crippen LogP contribution in [0.2, 0.25) is 0 Å². The Kier molecular flexibility index (Phi) is 17.1. The number of benzene rings is 1. The molecule has 0 aromatic heterocycles. The van der Waals surface area contributed by atoms with Crippen LogP contribution in [0, 0.1) is 5.92 Å². The molecule has 0 radical (unpaired) electrons. The first-order valence-electron chi connectivity index (χ1n) is 18.1. The van der Waals surface area contributed by atoms with Crippen LogP contribution >= 0.6 is 0 Å². The maximum absolute atomic E-state index is 13.4. The lowest BCUT2D eigenvalue weighted by atomic mass is 9.95. The van der Waals surface area contributed by atoms with Gasteiger partial charge in [0, 0.05) is 38.0 Å². The van der Waals surface area contributed by atoms with Gasteiger partial charge in [-0.1, -0.05) is 32.4 Å². The molecule has 19 heteroatoms. The average Bonchev–Trinajstić information content (AvgIpc) is 3.45. The minimum atomic E-state index is -1.58. The number of nitrogens with two attached hydrogens (primary N) is 1. The number of nitrogens with one attached hydrogen (secondary N) is 4. The second-order valence-corrected chi connectivity index (χ2v) is 13.7. The second kappa shape index (κ2) is 21.1. The first kappa shape index (κ1) is 43.6. The number of nitrogens with zero attached hydrogens (tertiary/aromatic N) is 2. The van der Waals surface area contributed by atoms with Gasteiger partial charge in [0.05, 0.1) is 19.2 Å². The minimum Gasteiger partial charge on any atom is -0.445 e. The number of carbonyl (C=O) groups excluding carboxylic acids is 7. The van der Waals surface area contributed by atoms with Gasteiger partial charge >= 0.3 is 12.1 Å². The van der Waals surface area contributed by atoms with Crippen LogP contribution in [0.3, 0.4) is 0 Å². The predicted octanol–water partition coefficient (Wildman–Crippen LogP) is -1.20. The maximum atomic E-state index is 13.4. The standard InChI is InChI=1S/C35H53N7O12/c1-20(2)29(40-26(45)8-4-3-5-16-41-27(46)13-14-28(41)47)33(51)39-23(7-6-15-37-34(36)52)32(50)38-22-11-9-21(10-12-22)19-54-35(53)42-17-25(44)31(49)30(48)24(42)18-43/h9-12,20,23-25,29-31,43-44,48-49H,3-8,13-19H2,1-2H3,(H,38,50)(H,39,51)(H,40,45)(H3,36,37,52)/t23?,24-,25-,29?,30-,31-/m1/s1. The zero-order valence-corrected chi connectivity index (χ0v) is 30.6. The van der Waals surface area contributed by atoms with Gasteiger partial charge in [-0.25, -0.2) is 9.59 Å². The largest absolute Gasteiger partial charge is 0.445 e. The summed E-state index contributed by atoms with van der Waals surface area (Å²) in [5.74, 6) is -2.24. The Morgan fingerprint density at radius 1 is 0.907 bits per heavy atom. The molecule has 0 spiro atoms. The number of hydrogen-bond acceptors (Lipinski definition) is 12. The number of piperidine rings is 1. The van der Waals surface area contributed by atoms with E-state index in [1.54, 1.807) is 26.0 Å². The minimum absolute atomic E-state index is 0.110. The fraction of sp³-hybridized carbons (Fsp3) is 0.629. The third kappa shape index (κ3) is 12.9. The molecule has 6 atom stereocenters. The van der Waals surface area contributed by atoms with E-state index in [4.69, 9.17) is 10.5 Å². The van der Waals surface area contributed by atoms with Crippen molar-refractivity contribution in [3.8, 4) is 0 Å². The number of anilines is 1. The van der Waals surface area contributed by atoms with E-state index >= 15 is 0 Å². The number of aliphatic hydroxyl groups is 4. The van der Waals surface area contributed by atoms with Crippen molar-refractivity contribution < 1.29 is 58.7 Å². The van der Waals surface area contributed by atoms with Crippen molar-refractivity contribution in [1.29, 1.82) is 0 Å². The van der Waals surface area contributed by atoms with Crippen molar-refractivity contribution in [2.24, 2.45) is 11.7 Å². The van der Waals surface area contributed by atoms with Gasteiger partial charge in [0.1, 0.15) is 37.0 Å². The summed E-state index contributed by atoms with van der Waals surface area (Å²) in [6.45, 7) is 2.68. The second-order valence-electron chi connectivity index (χ2n) is 13.7. The Morgan fingerprint density at radius 2 is 1.57 bits per heavy atom. The van der Waals surface area contributed by atoms with Crippen LogP contribution < -0.4 is 27.0 Å². The molecule has 2 heterocycles. The lowest BCUT2D eigenvalue weighted by molar-refractivity contribution is -0.138. The maximum Gasteiger partial charge on any atom is 0.410 e. The number of aliphatic hydroxyl groups excluding tert-OH is 4. The molecule has 300 valence electrons. The summed E-state index contributed by atoms with van der Waals surface area (Å²) in [4.78, 5) is 89.1. The van der Waals surface area contributed by atoms with Crippen molar-refractivity contribution in [3.63, 3.8) is 0 Å². The zero-order valence-electron chi connectivity index (χ0n) is 30.6. The summed E-state index contributed by atoms with van der Waals surface area (Å²) in [5.41, 5.74) is 5.99. The fourth-order valence-corrected chi connectivity index (χ4v) is 6.08. The topological polar surface area (TPSA) is 290 Å². The van der Waals surface area contributed by atoms with E-state index in [2.05, 4.69) is 21.3 Å². The van der Waals surface area contributed by atoms with Crippen LogP contribution in [0.25, 0.3) is 0 Å². The Hall–Kier alpha value is -4.85. The molecule has 1 aromatic rings. The molecule has 2 fully saturated rings. The predicted molar refractivity (Wildman–Crippen MR) is 191 cm³/mol. The quantitative estimate of drug-likeness (QED) is 0.0594. The smallest absolute Gasteiger partial charge is 0.410 e. The number of rotatable bonds is 19. The Morgan fingerprint density at radius 3 is 2.19 bits per heavy atom. The normalized spacial score (nSPS) is 21.0. The van der Waals surface area contributed by atoms with Crippen molar-refractivity contribution in [3.05, 3.63) is 29.8 Å². The monoisotopic (exact) mass is 763 g/mol. The molecular weight excluding hydrogens is 710 g/mol. The molecular formula is C35H53N7O12. The van der Waals surface area contributed by atoms with Gasteiger partial charge in [0.2, 0.25) is 29.5 Å². The summed E-state index contributed by atoms with van der Waals surface area (Å²) < 4.78 is 5.28. The molecule has 2 saturated heterocycles. The number of hydrogen-bond donors (Lipinski definition) is 9. The molecule has 0 bridgehead atoms. The van der Waals surface area contributed by atoms with Gasteiger partial charge in [-0.05, 0) is 49.3 Å². The molecule has 54 heavy (non-hydrogen) atoms. The lowest BCUT2D eigenvalue weighted by Crippen LogP contribution is -2.63. The van der Waals surface area contributed by atoms with Gasteiger partial charge < -0.3 is 52.2 Å². The van der Waals surface area contributed by atoms with Gasteiger partial charge in [0.15, 0.2) is 0 Å². The van der Waals surface area contributed by atoms with Crippen LogP contribution in [0.4, 0.5) is 15.3 Å². The van der Waals surface area contributed by atoms with E-state index in [9.17, 15) is 54.0 Å². The third-order valence-electron chi connectivity index (χ3n) is 9.24. The zero-order chi connectivity index (χ0) is 39.9. The van der Waals surface area contributed by atoms with E-state index in [0.717, 1.165) is 4.90 Å². The number of imide groups is 1. The number of urea groups is 1. The highest BCUT2D eigenvalue weighted by Gasteiger charge is 2.43. The highest BCUT2D eigenvalue weighted by atomic mass is 16.6. The highest BCUT2D eigenvalue weighted by molar-refractivity contribution is 6.02. The number of unbranched alkanes of at least 4 members (excludes halogenated alkanes) is 2. The van der Waals surface area contributed by atoms with Crippen LogP contribution in [0.15, 0.2) is 24.3 Å². The Bertz CT molecular complexity index is 1460. The molecule has 8 amide bonds. The molecule has 0 saturated carbocycles. The Balaban J connectivity index is 1.55. The number of ether oxygens (including phenoxy) is 1. The van der Waals surface area contributed by atoms with Crippen molar-refractivity contribution >= 4 is 47.3 Å². The summed E-state index contributed by atoms with van der Waals surface area (Å²) in [7, 11) is 0. The number of β-amino-alcohol motifs (C(OH)–C–C–N with tert-alkyl or cyclic N) is 1. The Labute approximate surface area is 312 Å². The number of likely N-dealkylation sites (tertiary alicyclic amines) is 2. The van der Waals surface area contributed by atoms with Crippen LogP contribution in [0.1, 0.15) is 70.8 Å². The van der Waals surface area contributed by atoms with E-state index in [1.165, 1.54) is 17.0 Å². The van der Waals surface area contributed by atoms with Gasteiger partial charge in [-0.2, -0.15) is 0 Å². The van der Waals surface area contributed by atoms with Crippen molar-refractivity contribution in [1.82, 2.24) is 25.8 Å². The number of primary amides is 1. The van der Waals surface area contributed by atoms with Gasteiger partial charge in [-0.15, -0.1) is 0 Å². The van der Waals surface area contributed by atoms with Crippen LogP contribution in [-0.2, 0) is 35.3 Å². The molecule has 2 aliphatic rings. The average molecular weight is 764 g/mol. The van der Waals surface area contributed by atoms with Crippen molar-refractivity contribution in [2.75, 3.05) is 31.6 Å². The molecule has 2 unspecified atom stereocenters. The highest BCUT2D eigenvalue weighted by Crippen LogP contribution is 2.21. The lowest BCUT2D eigenvalue weighted by Gasteiger charge is -2.42. The SMILES string of the molecule is CC(C)C(NC(=O)CCCCCN1C(=O)CCC1=O)C(=O)NC(CCCNC(N)=O)C(=O)Nc1ccc(COC(=O)N2C[C@@H](O)[C@@H](O)[C@H](O)[C@H]2CO)cc1. The first-order chi connectivity index (χ1) is 25.6. The fourth-order valence-electron chi connectivity index (χ4n) is 6.08. The van der Waals surface area contributed by atoms with Crippen LogP contribution in [0.5, 0.6) is 0 Å². The molecule has 3 rings (SSSR count). The van der Waals surface area contributed by atoms with Gasteiger partial charge in [0.25, 0.3) is 0 Å². The number of amides is 8. The molecule has 19 nitrogen and oxygen atoms in total. The first-order valence-corrected chi connectivity index (χ1v) is 18.1. The third-order valence-corrected chi connectivity index (χ3v) is 9.24. The molecule has 1 aromatic carbocycles. The molecule has 10 N–H and O–H groups in total.